The molecule has 29 heavy (non-hydrogen) atoms. The van der Waals surface area contributed by atoms with Gasteiger partial charge in [0.05, 0.1) is 5.69 Å². The molecule has 3 rings (SSSR count). The third kappa shape index (κ3) is 4.49. The number of hydrogen-bond donors (Lipinski definition) is 0. The van der Waals surface area contributed by atoms with Crippen LogP contribution in [0.15, 0.2) is 42.6 Å². The molecule has 1 atom stereocenters. The van der Waals surface area contributed by atoms with Gasteiger partial charge in [-0.3, -0.25) is 9.78 Å². The van der Waals surface area contributed by atoms with Crippen molar-refractivity contribution < 1.29 is 27.5 Å². The number of amides is 3. The molecule has 0 N–H and O–H groups in total. The topological polar surface area (TPSA) is 62.7 Å². The average Bonchev–Trinajstić information content (AvgIpc) is 2.85. The van der Waals surface area contributed by atoms with Crippen molar-refractivity contribution >= 4 is 17.6 Å². The van der Waals surface area contributed by atoms with Crippen LogP contribution in [0.1, 0.15) is 37.9 Å². The summed E-state index contributed by atoms with van der Waals surface area (Å²) in [4.78, 5) is 32.2. The van der Waals surface area contributed by atoms with Crippen molar-refractivity contribution in [2.75, 3.05) is 4.90 Å². The maximum atomic E-state index is 12.9. The number of anilines is 1. The minimum atomic E-state index is -4.81. The van der Waals surface area contributed by atoms with E-state index < -0.39 is 30.1 Å². The molecule has 1 fully saturated rings. The first kappa shape index (κ1) is 20.6. The van der Waals surface area contributed by atoms with Crippen LogP contribution in [0.5, 0.6) is 5.75 Å². The number of carbonyl (C=O) groups is 2. The molecular weight excluding hydrogens is 387 g/mol. The Hall–Kier alpha value is -3.10. The minimum Gasteiger partial charge on any atom is -0.406 e. The molecule has 1 aliphatic rings. The lowest BCUT2D eigenvalue weighted by Gasteiger charge is -2.20. The van der Waals surface area contributed by atoms with Crippen molar-refractivity contribution in [2.45, 2.75) is 45.6 Å². The maximum absolute atomic E-state index is 12.9. The lowest BCUT2D eigenvalue weighted by atomic mass is 10.1. The number of ether oxygens (including phenoxy) is 1. The van der Waals surface area contributed by atoms with E-state index >= 15 is 0 Å². The fourth-order valence-corrected chi connectivity index (χ4v) is 3.05. The van der Waals surface area contributed by atoms with Crippen molar-refractivity contribution in [1.29, 1.82) is 0 Å². The highest BCUT2D eigenvalue weighted by molar-refractivity contribution is 6.21. The van der Waals surface area contributed by atoms with Gasteiger partial charge in [-0.2, -0.15) is 0 Å². The SMILES string of the molecule is CC(C)c1cc(CN2C(=O)N(c3ccc(OC(F)(F)F)cc3)C(=O)C2C)ccn1. The largest absolute Gasteiger partial charge is 0.573 e. The van der Waals surface area contributed by atoms with Crippen LogP contribution < -0.4 is 9.64 Å². The predicted molar refractivity (Wildman–Crippen MR) is 99.3 cm³/mol. The summed E-state index contributed by atoms with van der Waals surface area (Å²) in [6, 6.07) is 7.05. The first-order chi connectivity index (χ1) is 13.6. The summed E-state index contributed by atoms with van der Waals surface area (Å²) < 4.78 is 40.7. The number of halogens is 3. The predicted octanol–water partition coefficient (Wildman–Crippen LogP) is 4.46. The average molecular weight is 407 g/mol. The number of imide groups is 1. The van der Waals surface area contributed by atoms with Gasteiger partial charge in [-0.05, 0) is 54.8 Å². The number of urea groups is 1. The molecule has 0 bridgehead atoms. The van der Waals surface area contributed by atoms with Gasteiger partial charge in [0.1, 0.15) is 11.8 Å². The smallest absolute Gasteiger partial charge is 0.406 e. The van der Waals surface area contributed by atoms with Gasteiger partial charge in [-0.1, -0.05) is 13.8 Å². The molecule has 1 saturated heterocycles. The zero-order chi connectivity index (χ0) is 21.3. The van der Waals surface area contributed by atoms with E-state index in [1.807, 2.05) is 19.9 Å². The van der Waals surface area contributed by atoms with E-state index in [4.69, 9.17) is 0 Å². The normalized spacial score (nSPS) is 17.4. The number of alkyl halides is 3. The van der Waals surface area contributed by atoms with Crippen LogP contribution in [0.25, 0.3) is 0 Å². The van der Waals surface area contributed by atoms with Crippen LogP contribution in [0.3, 0.4) is 0 Å². The van der Waals surface area contributed by atoms with Gasteiger partial charge in [-0.15, -0.1) is 13.2 Å². The van der Waals surface area contributed by atoms with Crippen molar-refractivity contribution in [3.05, 3.63) is 53.9 Å². The van der Waals surface area contributed by atoms with Crippen LogP contribution in [0.2, 0.25) is 0 Å². The van der Waals surface area contributed by atoms with Crippen LogP contribution in [0, 0.1) is 0 Å². The zero-order valence-electron chi connectivity index (χ0n) is 16.1. The molecule has 0 saturated carbocycles. The van der Waals surface area contributed by atoms with Gasteiger partial charge in [0.25, 0.3) is 5.91 Å². The Bertz CT molecular complexity index is 913. The number of hydrogen-bond acceptors (Lipinski definition) is 4. The number of pyridine rings is 1. The van der Waals surface area contributed by atoms with Crippen molar-refractivity contribution in [3.63, 3.8) is 0 Å². The number of carbonyl (C=O) groups excluding carboxylic acids is 2. The highest BCUT2D eigenvalue weighted by Gasteiger charge is 2.43. The van der Waals surface area contributed by atoms with Crippen LogP contribution >= 0.6 is 0 Å². The van der Waals surface area contributed by atoms with Crippen molar-refractivity contribution in [1.82, 2.24) is 9.88 Å². The molecule has 9 heteroatoms. The third-order valence-electron chi connectivity index (χ3n) is 4.60. The maximum Gasteiger partial charge on any atom is 0.573 e. The summed E-state index contributed by atoms with van der Waals surface area (Å²) in [5.41, 5.74) is 1.90. The Morgan fingerprint density at radius 2 is 1.79 bits per heavy atom. The molecule has 1 aliphatic heterocycles. The molecule has 0 radical (unpaired) electrons. The lowest BCUT2D eigenvalue weighted by molar-refractivity contribution is -0.274. The summed E-state index contributed by atoms with van der Waals surface area (Å²) in [7, 11) is 0. The van der Waals surface area contributed by atoms with E-state index in [1.54, 1.807) is 19.2 Å². The van der Waals surface area contributed by atoms with Gasteiger partial charge in [0.2, 0.25) is 0 Å². The Balaban J connectivity index is 1.80. The van der Waals surface area contributed by atoms with Crippen molar-refractivity contribution in [2.24, 2.45) is 0 Å². The Morgan fingerprint density at radius 1 is 1.14 bits per heavy atom. The van der Waals surface area contributed by atoms with Gasteiger partial charge in [0.15, 0.2) is 0 Å². The molecule has 1 aromatic carbocycles. The molecule has 2 heterocycles. The Kier molecular flexibility index (Phi) is 5.50. The van der Waals surface area contributed by atoms with Crippen molar-refractivity contribution in [3.8, 4) is 5.75 Å². The number of nitrogens with zero attached hydrogens (tertiary/aromatic N) is 3. The van der Waals surface area contributed by atoms with Crippen LogP contribution in [0.4, 0.5) is 23.7 Å². The van der Waals surface area contributed by atoms with E-state index in [0.29, 0.717) is 0 Å². The molecule has 154 valence electrons. The van der Waals surface area contributed by atoms with Gasteiger partial charge in [-0.25, -0.2) is 9.69 Å². The molecule has 0 spiro atoms. The zero-order valence-corrected chi connectivity index (χ0v) is 16.1. The number of aromatic nitrogens is 1. The second kappa shape index (κ2) is 7.73. The van der Waals surface area contributed by atoms with E-state index in [1.165, 1.54) is 17.0 Å². The first-order valence-electron chi connectivity index (χ1n) is 9.02. The molecule has 1 unspecified atom stereocenters. The fourth-order valence-electron chi connectivity index (χ4n) is 3.05. The second-order valence-corrected chi connectivity index (χ2v) is 7.05. The molecular formula is C20H20F3N3O3. The molecule has 3 amide bonds. The van der Waals surface area contributed by atoms with E-state index in [2.05, 4.69) is 9.72 Å². The standard InChI is InChI=1S/C20H20F3N3O3/c1-12(2)17-10-14(8-9-24-17)11-25-13(3)18(27)26(19(25)28)15-4-6-16(7-5-15)29-20(21,22)23/h4-10,12-13H,11H2,1-3H3. The van der Waals surface area contributed by atoms with E-state index in [9.17, 15) is 22.8 Å². The summed E-state index contributed by atoms with van der Waals surface area (Å²) in [5, 5.41) is 0. The monoisotopic (exact) mass is 407 g/mol. The third-order valence-corrected chi connectivity index (χ3v) is 4.60. The molecule has 2 aromatic rings. The Labute approximate surface area is 165 Å². The number of rotatable bonds is 5. The fraction of sp³-hybridized carbons (Fsp3) is 0.350. The van der Waals surface area contributed by atoms with Gasteiger partial charge < -0.3 is 9.64 Å². The highest BCUT2D eigenvalue weighted by Crippen LogP contribution is 2.30. The van der Waals surface area contributed by atoms with Crippen LogP contribution in [-0.4, -0.2) is 34.2 Å². The number of benzene rings is 1. The first-order valence-corrected chi connectivity index (χ1v) is 9.02. The van der Waals surface area contributed by atoms with Crippen LogP contribution in [-0.2, 0) is 11.3 Å². The minimum absolute atomic E-state index is 0.182. The summed E-state index contributed by atoms with van der Waals surface area (Å²) in [5.74, 6) is -0.655. The summed E-state index contributed by atoms with van der Waals surface area (Å²) in [6.07, 6.45) is -3.15. The second-order valence-electron chi connectivity index (χ2n) is 7.05. The van der Waals surface area contributed by atoms with Gasteiger partial charge >= 0.3 is 12.4 Å². The Morgan fingerprint density at radius 3 is 2.38 bits per heavy atom. The van der Waals surface area contributed by atoms with E-state index in [0.717, 1.165) is 28.3 Å². The summed E-state index contributed by atoms with van der Waals surface area (Å²) >= 11 is 0. The molecule has 6 nitrogen and oxygen atoms in total. The quantitative estimate of drug-likeness (QED) is 0.687. The van der Waals surface area contributed by atoms with E-state index in [-0.39, 0.29) is 18.2 Å². The highest BCUT2D eigenvalue weighted by atomic mass is 19.4. The molecule has 0 aliphatic carbocycles. The lowest BCUT2D eigenvalue weighted by Crippen LogP contribution is -2.33. The van der Waals surface area contributed by atoms with Gasteiger partial charge in [0, 0.05) is 18.4 Å². The summed E-state index contributed by atoms with van der Waals surface area (Å²) in [6.45, 7) is 5.85. The molecule has 1 aromatic heterocycles.